The SMILES string of the molecule is CN(C)CCN(Cc1ccc(F)cc1)C(=O)C1CCNCC1.Cl. The lowest BCUT2D eigenvalue weighted by Gasteiger charge is -2.30. The fourth-order valence-corrected chi connectivity index (χ4v) is 2.73. The minimum absolute atomic E-state index is 0. The minimum Gasteiger partial charge on any atom is -0.337 e. The Kier molecular flexibility index (Phi) is 8.52. The van der Waals surface area contributed by atoms with Gasteiger partial charge >= 0.3 is 0 Å². The van der Waals surface area contributed by atoms with Gasteiger partial charge in [0, 0.05) is 25.6 Å². The van der Waals surface area contributed by atoms with Gasteiger partial charge in [0.15, 0.2) is 0 Å². The second-order valence-corrected chi connectivity index (χ2v) is 6.21. The quantitative estimate of drug-likeness (QED) is 0.859. The first kappa shape index (κ1) is 19.9. The van der Waals surface area contributed by atoms with Gasteiger partial charge in [-0.3, -0.25) is 4.79 Å². The van der Waals surface area contributed by atoms with Gasteiger partial charge in [0.2, 0.25) is 5.91 Å². The Morgan fingerprint density at radius 1 is 1.17 bits per heavy atom. The summed E-state index contributed by atoms with van der Waals surface area (Å²) in [6.07, 6.45) is 1.81. The van der Waals surface area contributed by atoms with Crippen molar-refractivity contribution < 1.29 is 9.18 Å². The van der Waals surface area contributed by atoms with Crippen LogP contribution in [-0.2, 0) is 11.3 Å². The molecule has 0 spiro atoms. The third kappa shape index (κ3) is 6.45. The Balaban J connectivity index is 0.00000264. The summed E-state index contributed by atoms with van der Waals surface area (Å²) in [7, 11) is 4.01. The number of benzene rings is 1. The van der Waals surface area contributed by atoms with Crippen molar-refractivity contribution in [1.82, 2.24) is 15.1 Å². The molecule has 1 aliphatic heterocycles. The van der Waals surface area contributed by atoms with Gasteiger partial charge in [0.05, 0.1) is 0 Å². The number of hydrogen-bond acceptors (Lipinski definition) is 3. The molecule has 1 amide bonds. The molecule has 23 heavy (non-hydrogen) atoms. The number of amides is 1. The molecule has 0 atom stereocenters. The molecule has 0 bridgehead atoms. The summed E-state index contributed by atoms with van der Waals surface area (Å²) >= 11 is 0. The first-order valence-electron chi connectivity index (χ1n) is 7.95. The normalized spacial score (nSPS) is 15.3. The van der Waals surface area contributed by atoms with E-state index in [4.69, 9.17) is 0 Å². The summed E-state index contributed by atoms with van der Waals surface area (Å²) in [5.41, 5.74) is 0.974. The number of likely N-dealkylation sites (N-methyl/N-ethyl adjacent to an activating group) is 1. The van der Waals surface area contributed by atoms with Crippen LogP contribution < -0.4 is 5.32 Å². The van der Waals surface area contributed by atoms with Crippen LogP contribution in [0.3, 0.4) is 0 Å². The average molecular weight is 344 g/mol. The Labute approximate surface area is 144 Å². The zero-order valence-corrected chi connectivity index (χ0v) is 14.7. The topological polar surface area (TPSA) is 35.6 Å². The van der Waals surface area contributed by atoms with Crippen molar-refractivity contribution in [2.45, 2.75) is 19.4 Å². The van der Waals surface area contributed by atoms with Crippen molar-refractivity contribution in [3.63, 3.8) is 0 Å². The molecule has 0 aromatic heterocycles. The molecule has 0 saturated carbocycles. The largest absolute Gasteiger partial charge is 0.337 e. The van der Waals surface area contributed by atoms with Crippen molar-refractivity contribution >= 4 is 18.3 Å². The smallest absolute Gasteiger partial charge is 0.226 e. The minimum atomic E-state index is -0.242. The number of nitrogens with one attached hydrogen (secondary N) is 1. The fraction of sp³-hybridized carbons (Fsp3) is 0.588. The molecule has 0 radical (unpaired) electrons. The molecule has 1 aliphatic rings. The van der Waals surface area contributed by atoms with Gasteiger partial charge in [0.1, 0.15) is 5.82 Å². The molecule has 2 rings (SSSR count). The highest BCUT2D eigenvalue weighted by molar-refractivity contribution is 5.85. The van der Waals surface area contributed by atoms with Crippen LogP contribution in [0.2, 0.25) is 0 Å². The van der Waals surface area contributed by atoms with Gasteiger partial charge in [-0.05, 0) is 57.7 Å². The highest BCUT2D eigenvalue weighted by Gasteiger charge is 2.25. The van der Waals surface area contributed by atoms with E-state index < -0.39 is 0 Å². The van der Waals surface area contributed by atoms with Gasteiger partial charge in [-0.1, -0.05) is 12.1 Å². The van der Waals surface area contributed by atoms with Crippen LogP contribution in [0.4, 0.5) is 4.39 Å². The van der Waals surface area contributed by atoms with E-state index in [9.17, 15) is 9.18 Å². The van der Waals surface area contributed by atoms with Crippen molar-refractivity contribution in [3.05, 3.63) is 35.6 Å². The Hall–Kier alpha value is -1.17. The van der Waals surface area contributed by atoms with Crippen LogP contribution in [0.15, 0.2) is 24.3 Å². The molecule has 1 aromatic carbocycles. The van der Waals surface area contributed by atoms with Gasteiger partial charge in [-0.2, -0.15) is 0 Å². The summed E-state index contributed by atoms with van der Waals surface area (Å²) < 4.78 is 13.0. The molecule has 6 heteroatoms. The van der Waals surface area contributed by atoms with Crippen molar-refractivity contribution in [2.24, 2.45) is 5.92 Å². The second kappa shape index (κ2) is 9.85. The van der Waals surface area contributed by atoms with Gasteiger partial charge < -0.3 is 15.1 Å². The molecule has 1 aromatic rings. The number of rotatable bonds is 6. The van der Waals surface area contributed by atoms with Crippen LogP contribution in [-0.4, -0.2) is 56.0 Å². The molecule has 1 N–H and O–H groups in total. The molecular formula is C17H27ClFN3O. The van der Waals surface area contributed by atoms with Crippen LogP contribution in [0.1, 0.15) is 18.4 Å². The van der Waals surface area contributed by atoms with E-state index in [-0.39, 0.29) is 30.0 Å². The van der Waals surface area contributed by atoms with E-state index in [1.165, 1.54) is 12.1 Å². The molecule has 0 unspecified atom stereocenters. The molecule has 1 fully saturated rings. The zero-order valence-electron chi connectivity index (χ0n) is 13.9. The fourth-order valence-electron chi connectivity index (χ4n) is 2.73. The molecule has 1 saturated heterocycles. The zero-order chi connectivity index (χ0) is 15.9. The first-order chi connectivity index (χ1) is 10.6. The highest BCUT2D eigenvalue weighted by atomic mass is 35.5. The van der Waals surface area contributed by atoms with E-state index in [1.807, 2.05) is 19.0 Å². The molecule has 0 aliphatic carbocycles. The predicted octanol–water partition coefficient (Wildman–Crippen LogP) is 2.14. The monoisotopic (exact) mass is 343 g/mol. The Bertz CT molecular complexity index is 475. The van der Waals surface area contributed by atoms with Crippen LogP contribution in [0.5, 0.6) is 0 Å². The van der Waals surface area contributed by atoms with Crippen LogP contribution >= 0.6 is 12.4 Å². The summed E-state index contributed by atoms with van der Waals surface area (Å²) in [6, 6.07) is 6.42. The molecule has 130 valence electrons. The lowest BCUT2D eigenvalue weighted by Crippen LogP contribution is -2.43. The number of halogens is 2. The molecule has 4 nitrogen and oxygen atoms in total. The lowest BCUT2D eigenvalue weighted by molar-refractivity contribution is -0.137. The number of piperidine rings is 1. The lowest BCUT2D eigenvalue weighted by atomic mass is 9.96. The number of carbonyl (C=O) groups is 1. The first-order valence-corrected chi connectivity index (χ1v) is 7.95. The van der Waals surface area contributed by atoms with E-state index >= 15 is 0 Å². The van der Waals surface area contributed by atoms with Gasteiger partial charge in [0.25, 0.3) is 0 Å². The van der Waals surface area contributed by atoms with E-state index in [2.05, 4.69) is 10.2 Å². The number of carbonyl (C=O) groups excluding carboxylic acids is 1. The predicted molar refractivity (Wildman–Crippen MR) is 93.2 cm³/mol. The van der Waals surface area contributed by atoms with E-state index in [0.29, 0.717) is 13.1 Å². The average Bonchev–Trinajstić information content (AvgIpc) is 2.53. The number of hydrogen-bond donors (Lipinski definition) is 1. The van der Waals surface area contributed by atoms with E-state index in [1.54, 1.807) is 12.1 Å². The second-order valence-electron chi connectivity index (χ2n) is 6.21. The Morgan fingerprint density at radius 3 is 2.35 bits per heavy atom. The third-order valence-electron chi connectivity index (χ3n) is 4.10. The van der Waals surface area contributed by atoms with E-state index in [0.717, 1.165) is 38.0 Å². The maximum Gasteiger partial charge on any atom is 0.226 e. The van der Waals surface area contributed by atoms with Gasteiger partial charge in [-0.15, -0.1) is 12.4 Å². The number of nitrogens with zero attached hydrogens (tertiary/aromatic N) is 2. The molecular weight excluding hydrogens is 317 g/mol. The standard InChI is InChI=1S/C17H26FN3O.ClH/c1-20(2)11-12-21(13-14-3-5-16(18)6-4-14)17(22)15-7-9-19-10-8-15;/h3-6,15,19H,7-13H2,1-2H3;1H. The van der Waals surface area contributed by atoms with Crippen LogP contribution in [0, 0.1) is 11.7 Å². The van der Waals surface area contributed by atoms with Crippen molar-refractivity contribution in [2.75, 3.05) is 40.3 Å². The highest BCUT2D eigenvalue weighted by Crippen LogP contribution is 2.17. The Morgan fingerprint density at radius 2 is 1.78 bits per heavy atom. The van der Waals surface area contributed by atoms with Crippen LogP contribution in [0.25, 0.3) is 0 Å². The van der Waals surface area contributed by atoms with Gasteiger partial charge in [-0.25, -0.2) is 4.39 Å². The maximum atomic E-state index is 13.0. The third-order valence-corrected chi connectivity index (χ3v) is 4.10. The summed E-state index contributed by atoms with van der Waals surface area (Å²) in [4.78, 5) is 16.8. The summed E-state index contributed by atoms with van der Waals surface area (Å²) in [5, 5.41) is 3.29. The van der Waals surface area contributed by atoms with Crippen molar-refractivity contribution in [3.8, 4) is 0 Å². The molecule has 1 heterocycles. The summed E-state index contributed by atoms with van der Waals surface area (Å²) in [5.74, 6) is 0.102. The summed E-state index contributed by atoms with van der Waals surface area (Å²) in [6.45, 7) is 3.91. The van der Waals surface area contributed by atoms with Crippen molar-refractivity contribution in [1.29, 1.82) is 0 Å². The maximum absolute atomic E-state index is 13.0.